The highest BCUT2D eigenvalue weighted by molar-refractivity contribution is 7.92. The number of carbonyl (C=O) groups excluding carboxylic acids is 1. The summed E-state index contributed by atoms with van der Waals surface area (Å²) in [5.74, 6) is -0.315. The molecule has 0 atom stereocenters. The highest BCUT2D eigenvalue weighted by atomic mass is 35.5. The molecule has 0 radical (unpaired) electrons. The van der Waals surface area contributed by atoms with Crippen LogP contribution in [0.2, 0.25) is 10.0 Å². The summed E-state index contributed by atoms with van der Waals surface area (Å²) in [5, 5.41) is 3.76. The quantitative estimate of drug-likeness (QED) is 0.606. The van der Waals surface area contributed by atoms with E-state index in [-0.39, 0.29) is 10.8 Å². The predicted molar refractivity (Wildman–Crippen MR) is 108 cm³/mol. The van der Waals surface area contributed by atoms with Crippen LogP contribution in [-0.2, 0) is 10.0 Å². The minimum Gasteiger partial charge on any atom is -0.322 e. The van der Waals surface area contributed by atoms with Gasteiger partial charge in [-0.15, -0.1) is 0 Å². The normalized spacial score (nSPS) is 11.0. The Morgan fingerprint density at radius 3 is 1.74 bits per heavy atom. The lowest BCUT2D eigenvalue weighted by Crippen LogP contribution is -2.14. The summed E-state index contributed by atoms with van der Waals surface area (Å²) in [6, 6.07) is 18.7. The fourth-order valence-corrected chi connectivity index (χ4v) is 3.56. The van der Waals surface area contributed by atoms with E-state index in [2.05, 4.69) is 10.0 Å². The molecule has 5 nitrogen and oxygen atoms in total. The molecule has 3 aromatic carbocycles. The molecule has 0 aliphatic heterocycles. The number of amides is 1. The highest BCUT2D eigenvalue weighted by Gasteiger charge is 2.14. The van der Waals surface area contributed by atoms with Crippen LogP contribution in [0, 0.1) is 0 Å². The molecule has 3 rings (SSSR count). The lowest BCUT2D eigenvalue weighted by Gasteiger charge is -2.09. The van der Waals surface area contributed by atoms with Gasteiger partial charge in [0.15, 0.2) is 0 Å². The largest absolute Gasteiger partial charge is 0.322 e. The van der Waals surface area contributed by atoms with Crippen LogP contribution in [0.3, 0.4) is 0 Å². The number of hydrogen-bond donors (Lipinski definition) is 2. The Balaban J connectivity index is 1.70. The maximum Gasteiger partial charge on any atom is 0.261 e. The van der Waals surface area contributed by atoms with Crippen molar-refractivity contribution in [1.82, 2.24) is 0 Å². The van der Waals surface area contributed by atoms with Gasteiger partial charge in [0.25, 0.3) is 15.9 Å². The van der Waals surface area contributed by atoms with E-state index in [0.717, 1.165) is 0 Å². The topological polar surface area (TPSA) is 75.3 Å². The Labute approximate surface area is 167 Å². The van der Waals surface area contributed by atoms with E-state index in [9.17, 15) is 13.2 Å². The maximum absolute atomic E-state index is 12.4. The summed E-state index contributed by atoms with van der Waals surface area (Å²) in [6.07, 6.45) is 0. The Bertz CT molecular complexity index is 1050. The van der Waals surface area contributed by atoms with E-state index >= 15 is 0 Å². The summed E-state index contributed by atoms with van der Waals surface area (Å²) in [7, 11) is -3.74. The van der Waals surface area contributed by atoms with Gasteiger partial charge in [0.05, 0.1) is 4.90 Å². The second-order valence-corrected chi connectivity index (χ2v) is 8.15. The number of hydrogen-bond acceptors (Lipinski definition) is 3. The molecule has 27 heavy (non-hydrogen) atoms. The van der Waals surface area contributed by atoms with Crippen molar-refractivity contribution in [2.75, 3.05) is 10.0 Å². The number of halogens is 2. The zero-order valence-electron chi connectivity index (χ0n) is 13.8. The van der Waals surface area contributed by atoms with Gasteiger partial charge in [0, 0.05) is 27.0 Å². The Morgan fingerprint density at radius 1 is 0.704 bits per heavy atom. The van der Waals surface area contributed by atoms with Crippen molar-refractivity contribution < 1.29 is 13.2 Å². The first kappa shape index (κ1) is 19.2. The molecule has 0 bridgehead atoms. The zero-order valence-corrected chi connectivity index (χ0v) is 16.1. The highest BCUT2D eigenvalue weighted by Crippen LogP contribution is 2.19. The summed E-state index contributed by atoms with van der Waals surface area (Å²) >= 11 is 11.6. The van der Waals surface area contributed by atoms with E-state index in [1.165, 1.54) is 48.5 Å². The second kappa shape index (κ2) is 8.00. The Kier molecular flexibility index (Phi) is 5.70. The first-order chi connectivity index (χ1) is 12.8. The number of nitrogens with one attached hydrogen (secondary N) is 2. The molecule has 0 aromatic heterocycles. The van der Waals surface area contributed by atoms with Crippen LogP contribution in [0.5, 0.6) is 0 Å². The molecule has 0 saturated carbocycles. The van der Waals surface area contributed by atoms with Crippen LogP contribution in [0.1, 0.15) is 10.4 Å². The molecule has 1 amide bonds. The molecule has 0 heterocycles. The van der Waals surface area contributed by atoms with Gasteiger partial charge in [0.1, 0.15) is 0 Å². The van der Waals surface area contributed by atoms with Crippen LogP contribution in [-0.4, -0.2) is 14.3 Å². The number of sulfonamides is 1. The SMILES string of the molecule is O=C(Nc1ccc(Cl)cc1)c1ccc(NS(=O)(=O)c2ccc(Cl)cc2)cc1. The standard InChI is InChI=1S/C19H14Cl2N2O3S/c20-14-3-9-16(10-4-14)22-19(24)13-1-7-17(8-2-13)23-27(25,26)18-11-5-15(21)6-12-18/h1-12,23H,(H,22,24). The van der Waals surface area contributed by atoms with Gasteiger partial charge in [0.2, 0.25) is 0 Å². The van der Waals surface area contributed by atoms with Crippen molar-refractivity contribution in [2.24, 2.45) is 0 Å². The fourth-order valence-electron chi connectivity index (χ4n) is 2.25. The lowest BCUT2D eigenvalue weighted by atomic mass is 10.2. The van der Waals surface area contributed by atoms with Crippen LogP contribution < -0.4 is 10.0 Å². The number of carbonyl (C=O) groups is 1. The number of benzene rings is 3. The Hall–Kier alpha value is -2.54. The third-order valence-corrected chi connectivity index (χ3v) is 5.53. The average molecular weight is 421 g/mol. The van der Waals surface area contributed by atoms with Crippen LogP contribution in [0.4, 0.5) is 11.4 Å². The fraction of sp³-hybridized carbons (Fsp3) is 0. The molecule has 3 aromatic rings. The lowest BCUT2D eigenvalue weighted by molar-refractivity contribution is 0.102. The van der Waals surface area contributed by atoms with Crippen LogP contribution in [0.25, 0.3) is 0 Å². The molecular weight excluding hydrogens is 407 g/mol. The molecular formula is C19H14Cl2N2O3S. The molecule has 0 unspecified atom stereocenters. The molecule has 0 spiro atoms. The second-order valence-electron chi connectivity index (χ2n) is 5.60. The van der Waals surface area contributed by atoms with Crippen molar-refractivity contribution in [2.45, 2.75) is 4.90 Å². The monoisotopic (exact) mass is 420 g/mol. The van der Waals surface area contributed by atoms with Gasteiger partial charge < -0.3 is 5.32 Å². The molecule has 8 heteroatoms. The minimum atomic E-state index is -3.74. The van der Waals surface area contributed by atoms with Gasteiger partial charge in [-0.05, 0) is 72.8 Å². The molecule has 0 saturated heterocycles. The van der Waals surface area contributed by atoms with Crippen molar-refractivity contribution in [3.8, 4) is 0 Å². The molecule has 138 valence electrons. The van der Waals surface area contributed by atoms with E-state index < -0.39 is 10.0 Å². The first-order valence-corrected chi connectivity index (χ1v) is 10.0. The third-order valence-electron chi connectivity index (χ3n) is 3.63. The summed E-state index contributed by atoms with van der Waals surface area (Å²) in [5.41, 5.74) is 1.34. The van der Waals surface area contributed by atoms with Gasteiger partial charge in [-0.25, -0.2) is 8.42 Å². The average Bonchev–Trinajstić information content (AvgIpc) is 2.64. The van der Waals surface area contributed by atoms with Crippen LogP contribution >= 0.6 is 23.2 Å². The molecule has 2 N–H and O–H groups in total. The third kappa shape index (κ3) is 5.01. The first-order valence-electron chi connectivity index (χ1n) is 7.79. The summed E-state index contributed by atoms with van der Waals surface area (Å²) < 4.78 is 27.2. The number of anilines is 2. The van der Waals surface area contributed by atoms with Gasteiger partial charge in [-0.1, -0.05) is 23.2 Å². The summed E-state index contributed by atoms with van der Waals surface area (Å²) in [4.78, 5) is 12.3. The van der Waals surface area contributed by atoms with Gasteiger partial charge >= 0.3 is 0 Å². The van der Waals surface area contributed by atoms with Crippen molar-refractivity contribution in [1.29, 1.82) is 0 Å². The minimum absolute atomic E-state index is 0.0939. The predicted octanol–water partition coefficient (Wildman–Crippen LogP) is 5.05. The van der Waals surface area contributed by atoms with Gasteiger partial charge in [-0.2, -0.15) is 0 Å². The number of rotatable bonds is 5. The Morgan fingerprint density at radius 2 is 1.19 bits per heavy atom. The van der Waals surface area contributed by atoms with E-state index in [4.69, 9.17) is 23.2 Å². The van der Waals surface area contributed by atoms with Gasteiger partial charge in [-0.3, -0.25) is 9.52 Å². The van der Waals surface area contributed by atoms with Crippen molar-refractivity contribution in [3.05, 3.63) is 88.4 Å². The van der Waals surface area contributed by atoms with E-state index in [1.54, 1.807) is 24.3 Å². The molecule has 0 aliphatic rings. The van der Waals surface area contributed by atoms with Crippen molar-refractivity contribution >= 4 is 50.5 Å². The van der Waals surface area contributed by atoms with Crippen LogP contribution in [0.15, 0.2) is 77.7 Å². The van der Waals surface area contributed by atoms with Crippen molar-refractivity contribution in [3.63, 3.8) is 0 Å². The smallest absolute Gasteiger partial charge is 0.261 e. The zero-order chi connectivity index (χ0) is 19.4. The summed E-state index contributed by atoms with van der Waals surface area (Å²) in [6.45, 7) is 0. The van der Waals surface area contributed by atoms with E-state index in [0.29, 0.717) is 27.0 Å². The van der Waals surface area contributed by atoms with E-state index in [1.807, 2.05) is 0 Å². The molecule has 0 aliphatic carbocycles. The maximum atomic E-state index is 12.4. The molecule has 0 fully saturated rings.